The molecule has 1 N–H and O–H groups in total. The van der Waals surface area contributed by atoms with Gasteiger partial charge in [0, 0.05) is 19.1 Å². The van der Waals surface area contributed by atoms with Gasteiger partial charge in [-0.25, -0.2) is 0 Å². The van der Waals surface area contributed by atoms with Gasteiger partial charge in [0.15, 0.2) is 11.5 Å². The summed E-state index contributed by atoms with van der Waals surface area (Å²) in [5.41, 5.74) is 1.24. The van der Waals surface area contributed by atoms with E-state index in [0.29, 0.717) is 6.61 Å². The standard InChI is InChI=1S/C16H26N2O2/c1-18(2)9-4-10-20-15-8-5-13(11-16(15)19-3)12-17-14-6-7-14/h5,8,11,14,17H,4,6-7,9-10,12H2,1-3H3. The lowest BCUT2D eigenvalue weighted by atomic mass is 10.2. The van der Waals surface area contributed by atoms with E-state index in [-0.39, 0.29) is 0 Å². The number of benzene rings is 1. The van der Waals surface area contributed by atoms with Crippen molar-refractivity contribution in [3.63, 3.8) is 0 Å². The van der Waals surface area contributed by atoms with Gasteiger partial charge in [-0.05, 0) is 51.1 Å². The van der Waals surface area contributed by atoms with Crippen molar-refractivity contribution in [2.45, 2.75) is 31.8 Å². The fraction of sp³-hybridized carbons (Fsp3) is 0.625. The summed E-state index contributed by atoms with van der Waals surface area (Å²) in [6.45, 7) is 2.65. The molecule has 1 saturated carbocycles. The second-order valence-corrected chi connectivity index (χ2v) is 5.65. The van der Waals surface area contributed by atoms with Gasteiger partial charge in [-0.1, -0.05) is 6.07 Å². The number of ether oxygens (including phenoxy) is 2. The van der Waals surface area contributed by atoms with Gasteiger partial charge >= 0.3 is 0 Å². The van der Waals surface area contributed by atoms with Crippen LogP contribution in [-0.2, 0) is 6.54 Å². The van der Waals surface area contributed by atoms with Crippen LogP contribution in [0.5, 0.6) is 11.5 Å². The van der Waals surface area contributed by atoms with E-state index in [2.05, 4.69) is 36.4 Å². The average molecular weight is 278 g/mol. The number of nitrogens with zero attached hydrogens (tertiary/aromatic N) is 1. The highest BCUT2D eigenvalue weighted by atomic mass is 16.5. The highest BCUT2D eigenvalue weighted by Gasteiger charge is 2.20. The van der Waals surface area contributed by atoms with Gasteiger partial charge < -0.3 is 19.7 Å². The molecular formula is C16H26N2O2. The number of hydrogen-bond acceptors (Lipinski definition) is 4. The lowest BCUT2D eigenvalue weighted by molar-refractivity contribution is 0.268. The van der Waals surface area contributed by atoms with Crippen molar-refractivity contribution in [3.8, 4) is 11.5 Å². The molecule has 20 heavy (non-hydrogen) atoms. The zero-order valence-electron chi connectivity index (χ0n) is 12.8. The normalized spacial score (nSPS) is 14.6. The summed E-state index contributed by atoms with van der Waals surface area (Å²) in [5.74, 6) is 1.66. The van der Waals surface area contributed by atoms with E-state index in [1.54, 1.807) is 7.11 Å². The fourth-order valence-corrected chi connectivity index (χ4v) is 2.05. The van der Waals surface area contributed by atoms with Crippen LogP contribution in [0.2, 0.25) is 0 Å². The molecule has 0 saturated heterocycles. The molecular weight excluding hydrogens is 252 g/mol. The fourth-order valence-electron chi connectivity index (χ4n) is 2.05. The van der Waals surface area contributed by atoms with Crippen LogP contribution < -0.4 is 14.8 Å². The van der Waals surface area contributed by atoms with E-state index in [4.69, 9.17) is 9.47 Å². The maximum absolute atomic E-state index is 5.80. The van der Waals surface area contributed by atoms with Gasteiger partial charge in [-0.15, -0.1) is 0 Å². The second kappa shape index (κ2) is 7.50. The lowest BCUT2D eigenvalue weighted by Gasteiger charge is -2.14. The highest BCUT2D eigenvalue weighted by Crippen LogP contribution is 2.28. The summed E-state index contributed by atoms with van der Waals surface area (Å²) < 4.78 is 11.2. The first-order valence-corrected chi connectivity index (χ1v) is 7.37. The van der Waals surface area contributed by atoms with E-state index in [1.165, 1.54) is 18.4 Å². The van der Waals surface area contributed by atoms with Gasteiger partial charge in [0.25, 0.3) is 0 Å². The SMILES string of the molecule is COc1cc(CNC2CC2)ccc1OCCCN(C)C. The first-order valence-electron chi connectivity index (χ1n) is 7.37. The van der Waals surface area contributed by atoms with Crippen molar-refractivity contribution < 1.29 is 9.47 Å². The second-order valence-electron chi connectivity index (χ2n) is 5.65. The van der Waals surface area contributed by atoms with E-state index in [9.17, 15) is 0 Å². The molecule has 0 radical (unpaired) electrons. The van der Waals surface area contributed by atoms with Crippen molar-refractivity contribution >= 4 is 0 Å². The molecule has 4 heteroatoms. The Morgan fingerprint density at radius 3 is 2.70 bits per heavy atom. The third-order valence-electron chi connectivity index (χ3n) is 3.41. The number of methoxy groups -OCH3 is 1. The molecule has 0 bridgehead atoms. The summed E-state index contributed by atoms with van der Waals surface area (Å²) in [6.07, 6.45) is 3.63. The third-order valence-corrected chi connectivity index (χ3v) is 3.41. The van der Waals surface area contributed by atoms with Crippen molar-refractivity contribution in [2.75, 3.05) is 34.4 Å². The molecule has 1 aliphatic carbocycles. The Labute approximate surface area is 122 Å². The largest absolute Gasteiger partial charge is 0.493 e. The summed E-state index contributed by atoms with van der Waals surface area (Å²) in [6, 6.07) is 6.91. The van der Waals surface area contributed by atoms with E-state index < -0.39 is 0 Å². The molecule has 0 unspecified atom stereocenters. The first kappa shape index (κ1) is 15.1. The highest BCUT2D eigenvalue weighted by molar-refractivity contribution is 5.43. The molecule has 0 amide bonds. The molecule has 0 aliphatic heterocycles. The van der Waals surface area contributed by atoms with Gasteiger partial charge in [-0.2, -0.15) is 0 Å². The molecule has 0 aromatic heterocycles. The molecule has 0 spiro atoms. The lowest BCUT2D eigenvalue weighted by Crippen LogP contribution is -2.16. The van der Waals surface area contributed by atoms with Crippen LogP contribution in [0.4, 0.5) is 0 Å². The van der Waals surface area contributed by atoms with Crippen molar-refractivity contribution in [1.29, 1.82) is 0 Å². The Morgan fingerprint density at radius 2 is 2.05 bits per heavy atom. The predicted molar refractivity (Wildman–Crippen MR) is 81.5 cm³/mol. The number of rotatable bonds is 9. The number of hydrogen-bond donors (Lipinski definition) is 1. The minimum Gasteiger partial charge on any atom is -0.493 e. The first-order chi connectivity index (χ1) is 9.69. The number of nitrogens with one attached hydrogen (secondary N) is 1. The van der Waals surface area contributed by atoms with Crippen LogP contribution in [0.3, 0.4) is 0 Å². The Bertz CT molecular complexity index is 417. The Balaban J connectivity index is 1.84. The quantitative estimate of drug-likeness (QED) is 0.703. The molecule has 1 aliphatic rings. The Kier molecular flexibility index (Phi) is 5.68. The van der Waals surface area contributed by atoms with Crippen LogP contribution in [0.1, 0.15) is 24.8 Å². The predicted octanol–water partition coefficient (Wildman–Crippen LogP) is 2.28. The van der Waals surface area contributed by atoms with Crippen LogP contribution in [0.15, 0.2) is 18.2 Å². The summed E-state index contributed by atoms with van der Waals surface area (Å²) in [5, 5.41) is 3.51. The van der Waals surface area contributed by atoms with Crippen LogP contribution in [-0.4, -0.2) is 45.3 Å². The summed E-state index contributed by atoms with van der Waals surface area (Å²) >= 11 is 0. The van der Waals surface area contributed by atoms with E-state index in [1.807, 2.05) is 6.07 Å². The maximum Gasteiger partial charge on any atom is 0.161 e. The molecule has 4 nitrogen and oxygen atoms in total. The topological polar surface area (TPSA) is 33.7 Å². The Hall–Kier alpha value is -1.26. The van der Waals surface area contributed by atoms with Crippen LogP contribution >= 0.6 is 0 Å². The average Bonchev–Trinajstić information content (AvgIpc) is 3.26. The molecule has 1 aromatic rings. The zero-order chi connectivity index (χ0) is 14.4. The van der Waals surface area contributed by atoms with Gasteiger partial charge in [0.05, 0.1) is 13.7 Å². The smallest absolute Gasteiger partial charge is 0.161 e. The molecule has 1 aromatic carbocycles. The van der Waals surface area contributed by atoms with E-state index >= 15 is 0 Å². The van der Waals surface area contributed by atoms with Gasteiger partial charge in [0.1, 0.15) is 0 Å². The molecule has 0 atom stereocenters. The monoisotopic (exact) mass is 278 g/mol. The molecule has 0 heterocycles. The van der Waals surface area contributed by atoms with Gasteiger partial charge in [-0.3, -0.25) is 0 Å². The summed E-state index contributed by atoms with van der Waals surface area (Å²) in [4.78, 5) is 2.16. The minimum atomic E-state index is 0.716. The Morgan fingerprint density at radius 1 is 1.25 bits per heavy atom. The summed E-state index contributed by atoms with van der Waals surface area (Å²) in [7, 11) is 5.84. The van der Waals surface area contributed by atoms with Gasteiger partial charge in [0.2, 0.25) is 0 Å². The van der Waals surface area contributed by atoms with E-state index in [0.717, 1.165) is 37.1 Å². The van der Waals surface area contributed by atoms with Crippen LogP contribution in [0.25, 0.3) is 0 Å². The zero-order valence-corrected chi connectivity index (χ0v) is 12.8. The molecule has 112 valence electrons. The molecule has 2 rings (SSSR count). The van der Waals surface area contributed by atoms with Crippen molar-refractivity contribution in [2.24, 2.45) is 0 Å². The van der Waals surface area contributed by atoms with Crippen molar-refractivity contribution in [1.82, 2.24) is 10.2 Å². The molecule has 1 fully saturated rings. The minimum absolute atomic E-state index is 0.716. The third kappa shape index (κ3) is 5.02. The van der Waals surface area contributed by atoms with Crippen molar-refractivity contribution in [3.05, 3.63) is 23.8 Å². The van der Waals surface area contributed by atoms with Crippen LogP contribution in [0, 0.1) is 0 Å². The maximum atomic E-state index is 5.80.